The summed E-state index contributed by atoms with van der Waals surface area (Å²) in [7, 11) is 0. The van der Waals surface area contributed by atoms with Gasteiger partial charge in [0, 0.05) is 0 Å². The molecule has 0 aromatic heterocycles. The van der Waals surface area contributed by atoms with Gasteiger partial charge in [-0.1, -0.05) is 6.58 Å². The maximum absolute atomic E-state index is 4.79. The lowest BCUT2D eigenvalue weighted by Gasteiger charge is -1.60. The van der Waals surface area contributed by atoms with Gasteiger partial charge < -0.3 is 4.74 Å². The van der Waals surface area contributed by atoms with E-state index < -0.39 is 0 Å². The van der Waals surface area contributed by atoms with Crippen molar-refractivity contribution in [2.24, 2.45) is 0 Å². The molecule has 1 unspecified atom stereocenters. The van der Waals surface area contributed by atoms with Crippen LogP contribution >= 0.6 is 0 Å². The molecule has 1 atom stereocenters. The molecule has 1 heterocycles. The fourth-order valence-electron chi connectivity index (χ4n) is 0.283. The van der Waals surface area contributed by atoms with Crippen molar-refractivity contribution in [1.82, 2.24) is 0 Å². The smallest absolute Gasteiger partial charge is 0.106 e. The second-order valence-electron chi connectivity index (χ2n) is 1.24. The lowest BCUT2D eigenvalue weighted by Crippen LogP contribution is -1.67. The van der Waals surface area contributed by atoms with Gasteiger partial charge >= 0.3 is 0 Å². The molecule has 32 valence electrons. The minimum absolute atomic E-state index is 0.350. The van der Waals surface area contributed by atoms with Crippen molar-refractivity contribution in [3.63, 3.8) is 0 Å². The van der Waals surface area contributed by atoms with Crippen LogP contribution in [0.4, 0.5) is 0 Å². The fourth-order valence-corrected chi connectivity index (χ4v) is 0.283. The SMILES string of the molecule is C=C=CC1CO1. The number of epoxide rings is 1. The predicted octanol–water partition coefficient (Wildman–Crippen LogP) is 0.726. The quantitative estimate of drug-likeness (QED) is 0.335. The van der Waals surface area contributed by atoms with Crippen LogP contribution in [0.2, 0.25) is 0 Å². The topological polar surface area (TPSA) is 12.5 Å². The molecule has 1 rings (SSSR count). The second-order valence-corrected chi connectivity index (χ2v) is 1.24. The van der Waals surface area contributed by atoms with E-state index in [1.54, 1.807) is 0 Å². The van der Waals surface area contributed by atoms with Crippen molar-refractivity contribution in [1.29, 1.82) is 0 Å². The monoisotopic (exact) mass is 82.0 g/mol. The maximum atomic E-state index is 4.79. The third-order valence-corrected chi connectivity index (χ3v) is 0.663. The van der Waals surface area contributed by atoms with Crippen molar-refractivity contribution in [2.45, 2.75) is 6.10 Å². The molecule has 1 heteroatoms. The molecule has 0 N–H and O–H groups in total. The van der Waals surface area contributed by atoms with Crippen LogP contribution in [-0.4, -0.2) is 12.7 Å². The third-order valence-electron chi connectivity index (χ3n) is 0.663. The van der Waals surface area contributed by atoms with Crippen LogP contribution in [0.25, 0.3) is 0 Å². The zero-order valence-corrected chi connectivity index (χ0v) is 3.48. The molecule has 1 fully saturated rings. The maximum Gasteiger partial charge on any atom is 0.106 e. The van der Waals surface area contributed by atoms with Crippen LogP contribution in [0.3, 0.4) is 0 Å². The standard InChI is InChI=1S/C5H6O/c1-2-3-5-4-6-5/h3,5H,1,4H2. The highest BCUT2D eigenvalue weighted by atomic mass is 16.6. The molecule has 0 spiro atoms. The average molecular weight is 82.1 g/mol. The van der Waals surface area contributed by atoms with Crippen LogP contribution in [0.15, 0.2) is 18.4 Å². The Labute approximate surface area is 36.9 Å². The largest absolute Gasteiger partial charge is 0.368 e. The molecule has 0 aromatic rings. The molecule has 0 amide bonds. The summed E-state index contributed by atoms with van der Waals surface area (Å²) in [5.41, 5.74) is 2.63. The van der Waals surface area contributed by atoms with Gasteiger partial charge in [-0.15, -0.1) is 5.73 Å². The van der Waals surface area contributed by atoms with Crippen LogP contribution in [0.1, 0.15) is 0 Å². The van der Waals surface area contributed by atoms with Gasteiger partial charge in [-0.3, -0.25) is 0 Å². The molecule has 0 saturated carbocycles. The van der Waals surface area contributed by atoms with Gasteiger partial charge in [-0.2, -0.15) is 0 Å². The van der Waals surface area contributed by atoms with Crippen molar-refractivity contribution in [3.05, 3.63) is 18.4 Å². The summed E-state index contributed by atoms with van der Waals surface area (Å²) < 4.78 is 4.79. The molecular formula is C5H6O. The molecule has 1 aliphatic heterocycles. The van der Waals surface area contributed by atoms with Crippen LogP contribution in [0.5, 0.6) is 0 Å². The molecular weight excluding hydrogens is 76.1 g/mol. The van der Waals surface area contributed by atoms with E-state index in [-0.39, 0.29) is 0 Å². The van der Waals surface area contributed by atoms with Gasteiger partial charge in [0.1, 0.15) is 6.10 Å². The Hall–Kier alpha value is -0.520. The van der Waals surface area contributed by atoms with E-state index >= 15 is 0 Å². The Morgan fingerprint density at radius 3 is 2.83 bits per heavy atom. The first kappa shape index (κ1) is 3.66. The Bertz CT molecular complexity index is 86.1. The summed E-state index contributed by atoms with van der Waals surface area (Å²) in [5, 5.41) is 0. The van der Waals surface area contributed by atoms with E-state index in [1.165, 1.54) is 0 Å². The van der Waals surface area contributed by atoms with E-state index in [4.69, 9.17) is 4.74 Å². The second kappa shape index (κ2) is 1.29. The van der Waals surface area contributed by atoms with E-state index in [1.807, 2.05) is 6.08 Å². The van der Waals surface area contributed by atoms with Gasteiger partial charge in [0.15, 0.2) is 0 Å². The van der Waals surface area contributed by atoms with E-state index in [2.05, 4.69) is 12.3 Å². The molecule has 1 aliphatic rings. The summed E-state index contributed by atoms with van der Waals surface area (Å²) in [6.45, 7) is 4.24. The zero-order valence-electron chi connectivity index (χ0n) is 3.48. The molecule has 1 saturated heterocycles. The summed E-state index contributed by atoms with van der Waals surface area (Å²) >= 11 is 0. The third kappa shape index (κ3) is 0.713. The summed E-state index contributed by atoms with van der Waals surface area (Å²) in [6.07, 6.45) is 2.17. The van der Waals surface area contributed by atoms with E-state index in [0.29, 0.717) is 6.10 Å². The molecule has 6 heavy (non-hydrogen) atoms. The average Bonchev–Trinajstić information content (AvgIpc) is 2.21. The molecule has 0 aliphatic carbocycles. The van der Waals surface area contributed by atoms with Crippen LogP contribution < -0.4 is 0 Å². The Kier molecular flexibility index (Phi) is 0.789. The van der Waals surface area contributed by atoms with Crippen molar-refractivity contribution in [3.8, 4) is 0 Å². The number of hydrogen-bond donors (Lipinski definition) is 0. The van der Waals surface area contributed by atoms with Crippen LogP contribution in [-0.2, 0) is 4.74 Å². The Morgan fingerprint density at radius 2 is 2.67 bits per heavy atom. The lowest BCUT2D eigenvalue weighted by molar-refractivity contribution is 0.440. The van der Waals surface area contributed by atoms with Gasteiger partial charge in [0.2, 0.25) is 0 Å². The molecule has 0 aromatic carbocycles. The number of ether oxygens (including phenoxy) is 1. The van der Waals surface area contributed by atoms with Crippen molar-refractivity contribution >= 4 is 0 Å². The minimum Gasteiger partial charge on any atom is -0.368 e. The number of rotatable bonds is 1. The van der Waals surface area contributed by atoms with Gasteiger partial charge in [0.25, 0.3) is 0 Å². The van der Waals surface area contributed by atoms with E-state index in [9.17, 15) is 0 Å². The molecule has 0 bridgehead atoms. The lowest BCUT2D eigenvalue weighted by atomic mass is 10.5. The first-order chi connectivity index (χ1) is 2.93. The highest BCUT2D eigenvalue weighted by molar-refractivity contribution is 4.92. The first-order valence-corrected chi connectivity index (χ1v) is 1.91. The molecule has 1 nitrogen and oxygen atoms in total. The van der Waals surface area contributed by atoms with E-state index in [0.717, 1.165) is 6.61 Å². The summed E-state index contributed by atoms with van der Waals surface area (Å²) in [6, 6.07) is 0. The first-order valence-electron chi connectivity index (χ1n) is 1.91. The van der Waals surface area contributed by atoms with Gasteiger partial charge in [-0.25, -0.2) is 0 Å². The zero-order chi connectivity index (χ0) is 4.41. The van der Waals surface area contributed by atoms with Crippen molar-refractivity contribution in [2.75, 3.05) is 6.61 Å². The van der Waals surface area contributed by atoms with Crippen LogP contribution in [0, 0.1) is 0 Å². The minimum atomic E-state index is 0.350. The van der Waals surface area contributed by atoms with Gasteiger partial charge in [0.05, 0.1) is 6.61 Å². The van der Waals surface area contributed by atoms with Gasteiger partial charge in [-0.05, 0) is 6.08 Å². The highest BCUT2D eigenvalue weighted by Gasteiger charge is 2.17. The Morgan fingerprint density at radius 1 is 2.00 bits per heavy atom. The highest BCUT2D eigenvalue weighted by Crippen LogP contribution is 2.07. The van der Waals surface area contributed by atoms with Crippen molar-refractivity contribution < 1.29 is 4.74 Å². The Balaban J connectivity index is 2.33. The summed E-state index contributed by atoms with van der Waals surface area (Å²) in [4.78, 5) is 0. The molecule has 0 radical (unpaired) electrons. The predicted molar refractivity (Wildman–Crippen MR) is 23.4 cm³/mol. The summed E-state index contributed by atoms with van der Waals surface area (Å²) in [5.74, 6) is 0. The number of hydrogen-bond acceptors (Lipinski definition) is 1. The fraction of sp³-hybridized carbons (Fsp3) is 0.400. The normalized spacial score (nSPS) is 28.3.